The summed E-state index contributed by atoms with van der Waals surface area (Å²) < 4.78 is 5.61. The lowest BCUT2D eigenvalue weighted by molar-refractivity contribution is -0.122. The first kappa shape index (κ1) is 24.7. The highest BCUT2D eigenvalue weighted by Gasteiger charge is 2.36. The Morgan fingerprint density at radius 2 is 1.81 bits per heavy atom. The molecule has 8 nitrogen and oxygen atoms in total. The van der Waals surface area contributed by atoms with Gasteiger partial charge in [0.1, 0.15) is 11.3 Å². The van der Waals surface area contributed by atoms with Crippen molar-refractivity contribution in [3.63, 3.8) is 0 Å². The smallest absolute Gasteiger partial charge is 0.335 e. The van der Waals surface area contributed by atoms with Crippen molar-refractivity contribution in [2.75, 3.05) is 16.8 Å². The van der Waals surface area contributed by atoms with Gasteiger partial charge in [0.2, 0.25) is 0 Å². The number of urea groups is 1. The van der Waals surface area contributed by atoms with E-state index in [1.165, 1.54) is 18.2 Å². The third-order valence-electron chi connectivity index (χ3n) is 5.37. The molecular weight excluding hydrogens is 482 g/mol. The highest BCUT2D eigenvalue weighted by atomic mass is 35.5. The maximum absolute atomic E-state index is 13.0. The summed E-state index contributed by atoms with van der Waals surface area (Å²) in [6.45, 7) is 3.60. The highest BCUT2D eigenvalue weighted by Crippen LogP contribution is 2.25. The summed E-state index contributed by atoms with van der Waals surface area (Å²) in [6.07, 6.45) is 1.35. The molecule has 1 saturated heterocycles. The van der Waals surface area contributed by atoms with E-state index in [-0.39, 0.29) is 23.8 Å². The predicted octanol–water partition coefficient (Wildman–Crippen LogP) is 4.64. The Kier molecular flexibility index (Phi) is 7.17. The van der Waals surface area contributed by atoms with Crippen LogP contribution in [0.25, 0.3) is 6.08 Å². The van der Waals surface area contributed by atoms with Crippen molar-refractivity contribution in [1.82, 2.24) is 5.32 Å². The Labute approximate surface area is 212 Å². The predicted molar refractivity (Wildman–Crippen MR) is 137 cm³/mol. The lowest BCUT2D eigenvalue weighted by Gasteiger charge is -2.26. The first-order chi connectivity index (χ1) is 17.2. The number of carbonyl (C=O) groups excluding carboxylic acids is 4. The van der Waals surface area contributed by atoms with Crippen LogP contribution in [0.3, 0.4) is 0 Å². The molecule has 1 aliphatic rings. The fourth-order valence-electron chi connectivity index (χ4n) is 3.57. The molecule has 1 fully saturated rings. The second kappa shape index (κ2) is 10.5. The minimum Gasteiger partial charge on any atom is -0.484 e. The lowest BCUT2D eigenvalue weighted by atomic mass is 10.1. The maximum Gasteiger partial charge on any atom is 0.335 e. The number of hydrogen-bond donors (Lipinski definition) is 2. The van der Waals surface area contributed by atoms with E-state index < -0.39 is 17.8 Å². The van der Waals surface area contributed by atoms with Crippen LogP contribution in [0.15, 0.2) is 72.3 Å². The van der Waals surface area contributed by atoms with E-state index in [0.29, 0.717) is 22.0 Å². The zero-order chi connectivity index (χ0) is 25.8. The Bertz CT molecular complexity index is 1420. The van der Waals surface area contributed by atoms with Gasteiger partial charge in [-0.25, -0.2) is 9.69 Å². The number of hydrogen-bond acceptors (Lipinski definition) is 5. The summed E-state index contributed by atoms with van der Waals surface area (Å²) in [7, 11) is 0. The number of halogens is 1. The Morgan fingerprint density at radius 1 is 1.03 bits per heavy atom. The molecule has 0 aromatic heterocycles. The summed E-state index contributed by atoms with van der Waals surface area (Å²) in [5.74, 6) is -1.57. The number of nitrogens with one attached hydrogen (secondary N) is 2. The molecule has 2 N–H and O–H groups in total. The molecule has 36 heavy (non-hydrogen) atoms. The number of carbonyl (C=O) groups is 4. The van der Waals surface area contributed by atoms with Crippen LogP contribution in [-0.2, 0) is 14.4 Å². The Hall–Kier alpha value is -4.43. The van der Waals surface area contributed by atoms with Crippen molar-refractivity contribution in [3.8, 4) is 5.75 Å². The average Bonchev–Trinajstić information content (AvgIpc) is 2.83. The first-order valence-electron chi connectivity index (χ1n) is 11.0. The van der Waals surface area contributed by atoms with Crippen LogP contribution in [0.2, 0.25) is 5.02 Å². The highest BCUT2D eigenvalue weighted by molar-refractivity contribution is 6.39. The molecule has 0 saturated carbocycles. The van der Waals surface area contributed by atoms with Crippen LogP contribution < -0.4 is 20.3 Å². The summed E-state index contributed by atoms with van der Waals surface area (Å²) >= 11 is 5.99. The number of ether oxygens (including phenoxy) is 1. The molecular formula is C27H22ClN3O5. The topological polar surface area (TPSA) is 105 Å². The molecule has 0 aliphatic carbocycles. The monoisotopic (exact) mass is 503 g/mol. The van der Waals surface area contributed by atoms with Crippen molar-refractivity contribution >= 4 is 52.8 Å². The summed E-state index contributed by atoms with van der Waals surface area (Å²) in [5, 5.41) is 5.32. The van der Waals surface area contributed by atoms with Crippen LogP contribution in [0.4, 0.5) is 16.2 Å². The molecule has 3 aromatic rings. The second-order valence-electron chi connectivity index (χ2n) is 8.17. The standard InChI is InChI=1S/C27H22ClN3O5/c1-16-9-10-17(2)23(11-16)29-24(32)15-36-21-8-3-5-18(12-21)13-22-25(33)30-27(35)31(26(22)34)20-7-4-6-19(28)14-20/h3-14H,15H2,1-2H3,(H,29,32)(H,30,33,35)/b22-13+. The zero-order valence-corrected chi connectivity index (χ0v) is 20.3. The van der Waals surface area contributed by atoms with E-state index in [4.69, 9.17) is 16.3 Å². The Morgan fingerprint density at radius 3 is 2.58 bits per heavy atom. The van der Waals surface area contributed by atoms with E-state index >= 15 is 0 Å². The van der Waals surface area contributed by atoms with E-state index in [2.05, 4.69) is 10.6 Å². The lowest BCUT2D eigenvalue weighted by Crippen LogP contribution is -2.54. The van der Waals surface area contributed by atoms with Crippen molar-refractivity contribution in [2.45, 2.75) is 13.8 Å². The van der Waals surface area contributed by atoms with Gasteiger partial charge in [-0.3, -0.25) is 19.7 Å². The number of anilines is 2. The van der Waals surface area contributed by atoms with Crippen LogP contribution >= 0.6 is 11.6 Å². The largest absolute Gasteiger partial charge is 0.484 e. The van der Waals surface area contributed by atoms with E-state index in [1.807, 2.05) is 32.0 Å². The van der Waals surface area contributed by atoms with Gasteiger partial charge in [-0.1, -0.05) is 41.9 Å². The minimum atomic E-state index is -0.864. The first-order valence-corrected chi connectivity index (χ1v) is 11.4. The molecule has 5 amide bonds. The van der Waals surface area contributed by atoms with Gasteiger partial charge < -0.3 is 10.1 Å². The number of aryl methyl sites for hydroxylation is 2. The number of barbiturate groups is 1. The van der Waals surface area contributed by atoms with Gasteiger partial charge in [-0.2, -0.15) is 0 Å². The van der Waals surface area contributed by atoms with Gasteiger partial charge in [0.25, 0.3) is 17.7 Å². The number of imide groups is 2. The van der Waals surface area contributed by atoms with Crippen LogP contribution in [0.5, 0.6) is 5.75 Å². The number of amides is 5. The maximum atomic E-state index is 13.0. The van der Waals surface area contributed by atoms with Crippen molar-refractivity contribution < 1.29 is 23.9 Å². The van der Waals surface area contributed by atoms with Gasteiger partial charge in [-0.15, -0.1) is 0 Å². The minimum absolute atomic E-state index is 0.232. The van der Waals surface area contributed by atoms with E-state index in [9.17, 15) is 19.2 Å². The second-order valence-corrected chi connectivity index (χ2v) is 8.60. The fourth-order valence-corrected chi connectivity index (χ4v) is 3.76. The van der Waals surface area contributed by atoms with Gasteiger partial charge in [-0.05, 0) is 73.0 Å². The number of nitrogens with zero attached hydrogens (tertiary/aromatic N) is 1. The molecule has 182 valence electrons. The quantitative estimate of drug-likeness (QED) is 0.376. The third-order valence-corrected chi connectivity index (χ3v) is 5.61. The van der Waals surface area contributed by atoms with Crippen molar-refractivity contribution in [1.29, 1.82) is 0 Å². The fraction of sp³-hybridized carbons (Fsp3) is 0.111. The molecule has 0 radical (unpaired) electrons. The van der Waals surface area contributed by atoms with Crippen LogP contribution in [0.1, 0.15) is 16.7 Å². The van der Waals surface area contributed by atoms with Gasteiger partial charge in [0, 0.05) is 10.7 Å². The molecule has 0 bridgehead atoms. The Balaban J connectivity index is 1.49. The van der Waals surface area contributed by atoms with E-state index in [0.717, 1.165) is 16.0 Å². The van der Waals surface area contributed by atoms with Gasteiger partial charge in [0.15, 0.2) is 6.61 Å². The summed E-state index contributed by atoms with van der Waals surface area (Å²) in [6, 6.07) is 17.6. The van der Waals surface area contributed by atoms with Gasteiger partial charge in [0.05, 0.1) is 5.69 Å². The molecule has 1 aliphatic heterocycles. The summed E-state index contributed by atoms with van der Waals surface area (Å²) in [4.78, 5) is 51.0. The SMILES string of the molecule is Cc1ccc(C)c(NC(=O)COc2cccc(/C=C3\C(=O)NC(=O)N(c4cccc(Cl)c4)C3=O)c2)c1. The average molecular weight is 504 g/mol. The molecule has 0 atom stereocenters. The third kappa shape index (κ3) is 5.61. The number of benzene rings is 3. The molecule has 1 heterocycles. The molecule has 0 spiro atoms. The van der Waals surface area contributed by atoms with Gasteiger partial charge >= 0.3 is 6.03 Å². The summed E-state index contributed by atoms with van der Waals surface area (Å²) in [5.41, 5.74) is 3.14. The van der Waals surface area contributed by atoms with Crippen molar-refractivity contribution in [2.24, 2.45) is 0 Å². The normalized spacial score (nSPS) is 14.6. The van der Waals surface area contributed by atoms with E-state index in [1.54, 1.807) is 36.4 Å². The zero-order valence-electron chi connectivity index (χ0n) is 19.5. The molecule has 9 heteroatoms. The van der Waals surface area contributed by atoms with Crippen molar-refractivity contribution in [3.05, 3.63) is 94.0 Å². The molecule has 4 rings (SSSR count). The molecule has 0 unspecified atom stereocenters. The molecule has 3 aromatic carbocycles. The number of rotatable bonds is 6. The van der Waals surface area contributed by atoms with Crippen LogP contribution in [0, 0.1) is 13.8 Å². The van der Waals surface area contributed by atoms with Crippen LogP contribution in [-0.4, -0.2) is 30.4 Å².